The number of carbonyl (C=O) groups is 1. The molecule has 0 spiro atoms. The topological polar surface area (TPSA) is 41.4 Å². The summed E-state index contributed by atoms with van der Waals surface area (Å²) in [4.78, 5) is 17.4. The van der Waals surface area contributed by atoms with Gasteiger partial charge in [-0.1, -0.05) is 0 Å². The van der Waals surface area contributed by atoms with Gasteiger partial charge in [-0.15, -0.1) is 0 Å². The molecule has 122 valence electrons. The van der Waals surface area contributed by atoms with Crippen LogP contribution < -0.4 is 4.90 Å². The lowest BCUT2D eigenvalue weighted by Crippen LogP contribution is -2.52. The van der Waals surface area contributed by atoms with Crippen molar-refractivity contribution >= 4 is 22.9 Å². The molecular formula is C17H22N4OS. The summed E-state index contributed by atoms with van der Waals surface area (Å²) in [6.45, 7) is 1.83. The largest absolute Gasteiger partial charge is 0.308 e. The third kappa shape index (κ3) is 2.70. The fourth-order valence-electron chi connectivity index (χ4n) is 3.95. The van der Waals surface area contributed by atoms with Crippen molar-refractivity contribution in [2.45, 2.75) is 37.8 Å². The van der Waals surface area contributed by atoms with E-state index in [0.717, 1.165) is 38.0 Å². The number of hydrogen-bond donors (Lipinski definition) is 0. The average molecular weight is 330 g/mol. The quantitative estimate of drug-likeness (QED) is 0.869. The van der Waals surface area contributed by atoms with Gasteiger partial charge in [0, 0.05) is 25.8 Å². The summed E-state index contributed by atoms with van der Waals surface area (Å²) < 4.78 is 1.76. The SMILES string of the molecule is Cn1cc(N2CCC[C@@H](N3CCC[C@H]3c3ccsc3)C2=O)cn1. The zero-order valence-electron chi connectivity index (χ0n) is 13.4. The van der Waals surface area contributed by atoms with E-state index in [1.54, 1.807) is 22.2 Å². The number of hydrogen-bond acceptors (Lipinski definition) is 4. The van der Waals surface area contributed by atoms with Gasteiger partial charge >= 0.3 is 0 Å². The van der Waals surface area contributed by atoms with E-state index in [1.165, 1.54) is 12.0 Å². The zero-order chi connectivity index (χ0) is 15.8. The first-order valence-corrected chi connectivity index (χ1v) is 9.26. The molecule has 2 fully saturated rings. The Morgan fingerprint density at radius 2 is 2.04 bits per heavy atom. The number of anilines is 1. The Hall–Kier alpha value is -1.66. The number of piperidine rings is 1. The highest BCUT2D eigenvalue weighted by atomic mass is 32.1. The number of carbonyl (C=O) groups excluding carboxylic acids is 1. The molecule has 2 aromatic heterocycles. The average Bonchev–Trinajstić information content (AvgIpc) is 3.28. The molecule has 2 atom stereocenters. The van der Waals surface area contributed by atoms with Crippen molar-refractivity contribution < 1.29 is 4.79 Å². The summed E-state index contributed by atoms with van der Waals surface area (Å²) in [5.74, 6) is 0.242. The number of likely N-dealkylation sites (tertiary alicyclic amines) is 1. The fraction of sp³-hybridized carbons (Fsp3) is 0.529. The van der Waals surface area contributed by atoms with Crippen LogP contribution in [-0.4, -0.2) is 39.7 Å². The van der Waals surface area contributed by atoms with Crippen LogP contribution >= 0.6 is 11.3 Å². The van der Waals surface area contributed by atoms with Crippen LogP contribution in [0.3, 0.4) is 0 Å². The van der Waals surface area contributed by atoms with Crippen molar-refractivity contribution in [3.63, 3.8) is 0 Å². The lowest BCUT2D eigenvalue weighted by Gasteiger charge is -2.38. The van der Waals surface area contributed by atoms with Gasteiger partial charge in [-0.3, -0.25) is 14.4 Å². The summed E-state index contributed by atoms with van der Waals surface area (Å²) in [6, 6.07) is 2.63. The van der Waals surface area contributed by atoms with Crippen LogP contribution in [0.1, 0.15) is 37.3 Å². The minimum atomic E-state index is 0.0105. The van der Waals surface area contributed by atoms with Gasteiger partial charge in [-0.05, 0) is 54.6 Å². The van der Waals surface area contributed by atoms with Crippen LogP contribution in [0.4, 0.5) is 5.69 Å². The van der Waals surface area contributed by atoms with E-state index in [0.29, 0.717) is 6.04 Å². The van der Waals surface area contributed by atoms with Crippen LogP contribution in [0.2, 0.25) is 0 Å². The van der Waals surface area contributed by atoms with Gasteiger partial charge in [0.05, 0.1) is 17.9 Å². The van der Waals surface area contributed by atoms with Crippen molar-refractivity contribution in [1.82, 2.24) is 14.7 Å². The zero-order valence-corrected chi connectivity index (χ0v) is 14.2. The highest BCUT2D eigenvalue weighted by molar-refractivity contribution is 7.07. The minimum absolute atomic E-state index is 0.0105. The molecule has 23 heavy (non-hydrogen) atoms. The highest BCUT2D eigenvalue weighted by Gasteiger charge is 2.39. The third-order valence-electron chi connectivity index (χ3n) is 5.04. The van der Waals surface area contributed by atoms with E-state index in [9.17, 15) is 4.79 Å². The van der Waals surface area contributed by atoms with E-state index in [4.69, 9.17) is 0 Å². The predicted octanol–water partition coefficient (Wildman–Crippen LogP) is 2.81. The maximum Gasteiger partial charge on any atom is 0.244 e. The van der Waals surface area contributed by atoms with Crippen LogP contribution in [0.5, 0.6) is 0 Å². The Morgan fingerprint density at radius 3 is 2.78 bits per heavy atom. The molecule has 0 radical (unpaired) electrons. The smallest absolute Gasteiger partial charge is 0.244 e. The van der Waals surface area contributed by atoms with Crippen molar-refractivity contribution in [3.8, 4) is 0 Å². The Kier molecular flexibility index (Phi) is 3.95. The number of nitrogens with zero attached hydrogens (tertiary/aromatic N) is 4. The second-order valence-electron chi connectivity index (χ2n) is 6.47. The highest BCUT2D eigenvalue weighted by Crippen LogP contribution is 2.37. The van der Waals surface area contributed by atoms with Crippen molar-refractivity contribution in [2.75, 3.05) is 18.0 Å². The summed E-state index contributed by atoms with van der Waals surface area (Å²) in [7, 11) is 1.89. The molecule has 2 aliphatic rings. The summed E-state index contributed by atoms with van der Waals surface area (Å²) in [6.07, 6.45) is 8.08. The predicted molar refractivity (Wildman–Crippen MR) is 91.6 cm³/mol. The first-order chi connectivity index (χ1) is 11.2. The number of aromatic nitrogens is 2. The lowest BCUT2D eigenvalue weighted by atomic mass is 10.00. The van der Waals surface area contributed by atoms with Gasteiger partial charge in [0.1, 0.15) is 0 Å². The summed E-state index contributed by atoms with van der Waals surface area (Å²) in [5, 5.41) is 8.58. The second kappa shape index (κ2) is 6.09. The molecule has 4 rings (SSSR count). The summed E-state index contributed by atoms with van der Waals surface area (Å²) >= 11 is 1.74. The summed E-state index contributed by atoms with van der Waals surface area (Å²) in [5.41, 5.74) is 2.30. The lowest BCUT2D eigenvalue weighted by molar-refractivity contribution is -0.125. The number of thiophene rings is 1. The molecule has 0 unspecified atom stereocenters. The normalized spacial score (nSPS) is 26.1. The first-order valence-electron chi connectivity index (χ1n) is 8.32. The first kappa shape index (κ1) is 14.9. The van der Waals surface area contributed by atoms with Gasteiger partial charge in [0.15, 0.2) is 0 Å². The molecule has 2 aliphatic heterocycles. The van der Waals surface area contributed by atoms with E-state index in [-0.39, 0.29) is 11.9 Å². The molecule has 0 bridgehead atoms. The van der Waals surface area contributed by atoms with Gasteiger partial charge in [-0.25, -0.2) is 0 Å². The standard InChI is InChI=1S/C17H22N4OS/c1-19-11-14(10-18-19)20-7-3-5-16(17(20)22)21-8-2-4-15(21)13-6-9-23-12-13/h6,9-12,15-16H,2-5,7-8H2,1H3/t15-,16+/m0/s1. The maximum absolute atomic E-state index is 13.1. The Bertz CT molecular complexity index is 681. The molecule has 5 nitrogen and oxygen atoms in total. The molecule has 0 N–H and O–H groups in total. The van der Waals surface area contributed by atoms with E-state index in [2.05, 4.69) is 26.8 Å². The fourth-order valence-corrected chi connectivity index (χ4v) is 4.66. The monoisotopic (exact) mass is 330 g/mol. The van der Waals surface area contributed by atoms with Crippen LogP contribution in [0.15, 0.2) is 29.2 Å². The Labute approximate surface area is 140 Å². The number of aryl methyl sites for hydroxylation is 1. The molecule has 6 heteroatoms. The number of amides is 1. The number of rotatable bonds is 3. The molecule has 1 amide bonds. The van der Waals surface area contributed by atoms with E-state index in [1.807, 2.05) is 18.1 Å². The van der Waals surface area contributed by atoms with E-state index >= 15 is 0 Å². The molecule has 0 aliphatic carbocycles. The third-order valence-corrected chi connectivity index (χ3v) is 5.74. The molecule has 0 aromatic carbocycles. The van der Waals surface area contributed by atoms with Crippen LogP contribution in [0.25, 0.3) is 0 Å². The van der Waals surface area contributed by atoms with Gasteiger partial charge < -0.3 is 4.90 Å². The maximum atomic E-state index is 13.1. The van der Waals surface area contributed by atoms with Crippen molar-refractivity contribution in [3.05, 3.63) is 34.8 Å². The van der Waals surface area contributed by atoms with Crippen LogP contribution in [-0.2, 0) is 11.8 Å². The van der Waals surface area contributed by atoms with Gasteiger partial charge in [0.2, 0.25) is 5.91 Å². The molecule has 0 saturated carbocycles. The molecule has 2 aromatic rings. The molecule has 4 heterocycles. The van der Waals surface area contributed by atoms with Crippen molar-refractivity contribution in [1.29, 1.82) is 0 Å². The van der Waals surface area contributed by atoms with Crippen molar-refractivity contribution in [2.24, 2.45) is 7.05 Å². The van der Waals surface area contributed by atoms with Crippen LogP contribution in [0, 0.1) is 0 Å². The second-order valence-corrected chi connectivity index (χ2v) is 7.25. The Balaban J connectivity index is 1.57. The Morgan fingerprint density at radius 1 is 1.22 bits per heavy atom. The minimum Gasteiger partial charge on any atom is -0.308 e. The van der Waals surface area contributed by atoms with E-state index < -0.39 is 0 Å². The van der Waals surface area contributed by atoms with Gasteiger partial charge in [-0.2, -0.15) is 16.4 Å². The molecular weight excluding hydrogens is 308 g/mol. The van der Waals surface area contributed by atoms with Gasteiger partial charge in [0.25, 0.3) is 0 Å². The molecule has 2 saturated heterocycles.